The molecule has 2 aliphatic heterocycles. The SMILES string of the molecule is CC(C)(C)OC(=O)[C@@H]1CCCN1C1CCOC1. The van der Waals surface area contributed by atoms with E-state index in [1.165, 1.54) is 0 Å². The number of hydrogen-bond donors (Lipinski definition) is 0. The molecule has 0 saturated carbocycles. The molecule has 0 amide bonds. The third-order valence-corrected chi connectivity index (χ3v) is 3.35. The Hall–Kier alpha value is -0.610. The van der Waals surface area contributed by atoms with E-state index in [9.17, 15) is 4.79 Å². The van der Waals surface area contributed by atoms with Gasteiger partial charge in [-0.05, 0) is 46.6 Å². The molecule has 0 radical (unpaired) electrons. The summed E-state index contributed by atoms with van der Waals surface area (Å²) in [4.78, 5) is 14.4. The summed E-state index contributed by atoms with van der Waals surface area (Å²) >= 11 is 0. The van der Waals surface area contributed by atoms with Crippen molar-refractivity contribution in [2.24, 2.45) is 0 Å². The average Bonchev–Trinajstić information content (AvgIpc) is 2.85. The van der Waals surface area contributed by atoms with Crippen LogP contribution in [0.25, 0.3) is 0 Å². The molecule has 0 aromatic rings. The molecule has 2 heterocycles. The van der Waals surface area contributed by atoms with Crippen LogP contribution in [0.2, 0.25) is 0 Å². The lowest BCUT2D eigenvalue weighted by Crippen LogP contribution is -2.45. The highest BCUT2D eigenvalue weighted by atomic mass is 16.6. The molecule has 0 bridgehead atoms. The van der Waals surface area contributed by atoms with Crippen molar-refractivity contribution in [1.82, 2.24) is 4.90 Å². The topological polar surface area (TPSA) is 38.8 Å². The minimum absolute atomic E-state index is 0.0547. The van der Waals surface area contributed by atoms with Gasteiger partial charge in [0.2, 0.25) is 0 Å². The highest BCUT2D eigenvalue weighted by Gasteiger charge is 2.38. The molecule has 0 aromatic heterocycles. The molecule has 2 atom stereocenters. The smallest absolute Gasteiger partial charge is 0.323 e. The summed E-state index contributed by atoms with van der Waals surface area (Å²) in [5.41, 5.74) is -0.391. The zero-order chi connectivity index (χ0) is 12.5. The van der Waals surface area contributed by atoms with Gasteiger partial charge in [0.15, 0.2) is 0 Å². The zero-order valence-electron chi connectivity index (χ0n) is 11.1. The first-order valence-electron chi connectivity index (χ1n) is 6.54. The number of carbonyl (C=O) groups excluding carboxylic acids is 1. The van der Waals surface area contributed by atoms with Crippen molar-refractivity contribution in [1.29, 1.82) is 0 Å². The van der Waals surface area contributed by atoms with Gasteiger partial charge in [-0.3, -0.25) is 9.69 Å². The molecule has 98 valence electrons. The van der Waals surface area contributed by atoms with Crippen molar-refractivity contribution < 1.29 is 14.3 Å². The van der Waals surface area contributed by atoms with Crippen LogP contribution in [0.15, 0.2) is 0 Å². The Labute approximate surface area is 103 Å². The van der Waals surface area contributed by atoms with E-state index >= 15 is 0 Å². The first-order valence-corrected chi connectivity index (χ1v) is 6.54. The number of hydrogen-bond acceptors (Lipinski definition) is 4. The molecule has 4 nitrogen and oxygen atoms in total. The van der Waals surface area contributed by atoms with Crippen molar-refractivity contribution in [2.45, 2.75) is 57.7 Å². The van der Waals surface area contributed by atoms with Crippen LogP contribution in [0.1, 0.15) is 40.0 Å². The molecule has 0 spiro atoms. The highest BCUT2D eigenvalue weighted by Crippen LogP contribution is 2.26. The molecule has 2 rings (SSSR count). The van der Waals surface area contributed by atoms with Crippen molar-refractivity contribution in [2.75, 3.05) is 19.8 Å². The molecule has 17 heavy (non-hydrogen) atoms. The van der Waals surface area contributed by atoms with Crippen LogP contribution in [0.4, 0.5) is 0 Å². The Balaban J connectivity index is 1.96. The number of carbonyl (C=O) groups is 1. The van der Waals surface area contributed by atoms with E-state index in [-0.39, 0.29) is 12.0 Å². The second-order valence-corrected chi connectivity index (χ2v) is 5.95. The second kappa shape index (κ2) is 4.94. The van der Waals surface area contributed by atoms with E-state index in [2.05, 4.69) is 4.90 Å². The van der Waals surface area contributed by atoms with Crippen LogP contribution in [-0.2, 0) is 14.3 Å². The number of likely N-dealkylation sites (tertiary alicyclic amines) is 1. The summed E-state index contributed by atoms with van der Waals surface area (Å²) < 4.78 is 10.9. The van der Waals surface area contributed by atoms with Gasteiger partial charge in [0, 0.05) is 12.6 Å². The van der Waals surface area contributed by atoms with Crippen molar-refractivity contribution in [3.05, 3.63) is 0 Å². The van der Waals surface area contributed by atoms with Gasteiger partial charge in [-0.15, -0.1) is 0 Å². The van der Waals surface area contributed by atoms with Gasteiger partial charge < -0.3 is 9.47 Å². The largest absolute Gasteiger partial charge is 0.459 e. The fourth-order valence-electron chi connectivity index (χ4n) is 2.63. The maximum absolute atomic E-state index is 12.1. The molecule has 0 aliphatic carbocycles. The Bertz CT molecular complexity index is 279. The number of ether oxygens (including phenoxy) is 2. The predicted octanol–water partition coefficient (Wildman–Crippen LogP) is 1.58. The summed E-state index contributed by atoms with van der Waals surface area (Å²) in [6.45, 7) is 8.34. The minimum Gasteiger partial charge on any atom is -0.459 e. The monoisotopic (exact) mass is 241 g/mol. The molecule has 1 unspecified atom stereocenters. The Morgan fingerprint density at radius 2 is 2.12 bits per heavy atom. The van der Waals surface area contributed by atoms with E-state index in [1.807, 2.05) is 20.8 Å². The average molecular weight is 241 g/mol. The second-order valence-electron chi connectivity index (χ2n) is 5.95. The maximum Gasteiger partial charge on any atom is 0.323 e. The summed E-state index contributed by atoms with van der Waals surface area (Å²) in [7, 11) is 0. The normalized spacial score (nSPS) is 30.8. The molecule has 0 aromatic carbocycles. The van der Waals surface area contributed by atoms with E-state index in [0.717, 1.165) is 39.0 Å². The van der Waals surface area contributed by atoms with Gasteiger partial charge in [0.05, 0.1) is 6.61 Å². The quantitative estimate of drug-likeness (QED) is 0.688. The standard InChI is InChI=1S/C13H23NO3/c1-13(2,3)17-12(15)11-5-4-7-14(11)10-6-8-16-9-10/h10-11H,4-9H2,1-3H3/t10?,11-/m0/s1. The lowest BCUT2D eigenvalue weighted by atomic mass is 10.1. The summed E-state index contributed by atoms with van der Waals surface area (Å²) in [6, 6.07) is 0.357. The van der Waals surface area contributed by atoms with E-state index in [1.54, 1.807) is 0 Å². The third kappa shape index (κ3) is 3.19. The number of rotatable bonds is 2. The van der Waals surface area contributed by atoms with Crippen LogP contribution < -0.4 is 0 Å². The van der Waals surface area contributed by atoms with Gasteiger partial charge >= 0.3 is 5.97 Å². The first-order chi connectivity index (χ1) is 7.97. The van der Waals surface area contributed by atoms with E-state index in [4.69, 9.17) is 9.47 Å². The maximum atomic E-state index is 12.1. The minimum atomic E-state index is -0.391. The van der Waals surface area contributed by atoms with Crippen LogP contribution in [0.3, 0.4) is 0 Å². The van der Waals surface area contributed by atoms with Gasteiger partial charge in [-0.1, -0.05) is 0 Å². The molecule has 4 heteroatoms. The van der Waals surface area contributed by atoms with Crippen molar-refractivity contribution in [3.63, 3.8) is 0 Å². The lowest BCUT2D eigenvalue weighted by molar-refractivity contribution is -0.161. The Morgan fingerprint density at radius 3 is 2.71 bits per heavy atom. The number of esters is 1. The number of nitrogens with zero attached hydrogens (tertiary/aromatic N) is 1. The summed E-state index contributed by atoms with van der Waals surface area (Å²) in [5.74, 6) is -0.0677. The Morgan fingerprint density at radius 1 is 1.35 bits per heavy atom. The van der Waals surface area contributed by atoms with E-state index < -0.39 is 5.60 Å². The van der Waals surface area contributed by atoms with Gasteiger partial charge in [0.25, 0.3) is 0 Å². The molecule has 2 aliphatic rings. The van der Waals surface area contributed by atoms with Crippen LogP contribution in [-0.4, -0.2) is 48.3 Å². The Kier molecular flexibility index (Phi) is 3.73. The van der Waals surface area contributed by atoms with Crippen molar-refractivity contribution in [3.8, 4) is 0 Å². The molecular formula is C13H23NO3. The first kappa shape index (κ1) is 12.8. The van der Waals surface area contributed by atoms with Crippen LogP contribution >= 0.6 is 0 Å². The van der Waals surface area contributed by atoms with Crippen LogP contribution in [0.5, 0.6) is 0 Å². The van der Waals surface area contributed by atoms with Gasteiger partial charge in [-0.2, -0.15) is 0 Å². The lowest BCUT2D eigenvalue weighted by Gasteiger charge is -2.30. The summed E-state index contributed by atoms with van der Waals surface area (Å²) in [5, 5.41) is 0. The van der Waals surface area contributed by atoms with Gasteiger partial charge in [0.1, 0.15) is 11.6 Å². The predicted molar refractivity (Wildman–Crippen MR) is 64.8 cm³/mol. The summed E-state index contributed by atoms with van der Waals surface area (Å²) in [6.07, 6.45) is 3.05. The molecular weight excluding hydrogens is 218 g/mol. The highest BCUT2D eigenvalue weighted by molar-refractivity contribution is 5.76. The van der Waals surface area contributed by atoms with E-state index in [0.29, 0.717) is 6.04 Å². The molecule has 0 N–H and O–H groups in total. The zero-order valence-corrected chi connectivity index (χ0v) is 11.1. The fraction of sp³-hybridized carbons (Fsp3) is 0.923. The van der Waals surface area contributed by atoms with Crippen molar-refractivity contribution >= 4 is 5.97 Å². The fourth-order valence-corrected chi connectivity index (χ4v) is 2.63. The molecule has 2 fully saturated rings. The third-order valence-electron chi connectivity index (χ3n) is 3.35. The van der Waals surface area contributed by atoms with Crippen LogP contribution in [0, 0.1) is 0 Å². The molecule has 2 saturated heterocycles. The van der Waals surface area contributed by atoms with Gasteiger partial charge in [-0.25, -0.2) is 0 Å².